The number of alkyl halides is 2. The lowest BCUT2D eigenvalue weighted by atomic mass is 9.95. The van der Waals surface area contributed by atoms with E-state index < -0.39 is 6.61 Å². The highest BCUT2D eigenvalue weighted by Gasteiger charge is 2.26. The third-order valence-electron chi connectivity index (χ3n) is 4.28. The van der Waals surface area contributed by atoms with Gasteiger partial charge in [0.25, 0.3) is 0 Å². The molecule has 1 heterocycles. The molecule has 29 heavy (non-hydrogen) atoms. The number of carbonyl (C=O) groups is 1. The van der Waals surface area contributed by atoms with E-state index in [0.29, 0.717) is 16.3 Å². The molecule has 0 saturated heterocycles. The molecule has 3 rings (SSSR count). The molecule has 2 N–H and O–H groups in total. The summed E-state index contributed by atoms with van der Waals surface area (Å²) >= 11 is 12.8. The van der Waals surface area contributed by atoms with Gasteiger partial charge >= 0.3 is 12.6 Å². The Labute approximate surface area is 181 Å². The second-order valence-corrected chi connectivity index (χ2v) is 8.16. The van der Waals surface area contributed by atoms with Crippen molar-refractivity contribution >= 4 is 56.9 Å². The summed E-state index contributed by atoms with van der Waals surface area (Å²) in [5, 5.41) is 6.91. The van der Waals surface area contributed by atoms with E-state index in [9.17, 15) is 13.6 Å². The average Bonchev–Trinajstić information content (AvgIpc) is 3.01. The number of thiocarbonyl (C=S) groups is 1. The van der Waals surface area contributed by atoms with Crippen LogP contribution in [0.2, 0.25) is 5.02 Å². The molecule has 1 aliphatic carbocycles. The van der Waals surface area contributed by atoms with E-state index in [1.54, 1.807) is 6.92 Å². The maximum atomic E-state index is 12.5. The van der Waals surface area contributed by atoms with Crippen molar-refractivity contribution < 1.29 is 23.0 Å². The molecule has 0 bridgehead atoms. The van der Waals surface area contributed by atoms with Gasteiger partial charge in [0.2, 0.25) is 0 Å². The zero-order chi connectivity index (χ0) is 21.0. The van der Waals surface area contributed by atoms with Crippen LogP contribution in [0.25, 0.3) is 0 Å². The summed E-state index contributed by atoms with van der Waals surface area (Å²) in [5.74, 6) is -0.490. The van der Waals surface area contributed by atoms with Gasteiger partial charge in [-0.1, -0.05) is 11.6 Å². The van der Waals surface area contributed by atoms with E-state index in [-0.39, 0.29) is 28.5 Å². The molecule has 0 amide bonds. The van der Waals surface area contributed by atoms with Gasteiger partial charge in [0.1, 0.15) is 10.8 Å². The van der Waals surface area contributed by atoms with Crippen LogP contribution in [0.4, 0.5) is 19.5 Å². The summed E-state index contributed by atoms with van der Waals surface area (Å²) in [7, 11) is 0. The maximum Gasteiger partial charge on any atom is 0.387 e. The molecule has 156 valence electrons. The molecule has 1 aromatic carbocycles. The topological polar surface area (TPSA) is 59.6 Å². The first-order valence-electron chi connectivity index (χ1n) is 9.03. The summed E-state index contributed by atoms with van der Waals surface area (Å²) in [6, 6.07) is 4.27. The molecular formula is C19H19ClF2N2O3S2. The summed E-state index contributed by atoms with van der Waals surface area (Å²) in [5.41, 5.74) is 2.06. The molecular weight excluding hydrogens is 442 g/mol. The number of thiophene rings is 1. The molecule has 5 nitrogen and oxygen atoms in total. The molecule has 10 heteroatoms. The van der Waals surface area contributed by atoms with E-state index in [0.717, 1.165) is 31.2 Å². The Morgan fingerprint density at radius 2 is 2.07 bits per heavy atom. The Bertz CT molecular complexity index is 921. The molecule has 1 aromatic heterocycles. The maximum absolute atomic E-state index is 12.5. The van der Waals surface area contributed by atoms with Gasteiger partial charge in [0.05, 0.1) is 17.2 Å². The summed E-state index contributed by atoms with van der Waals surface area (Å²) in [6.07, 6.45) is 3.88. The first kappa shape index (κ1) is 21.7. The van der Waals surface area contributed by atoms with Crippen molar-refractivity contribution in [2.45, 2.75) is 39.2 Å². The number of anilines is 2. The lowest BCUT2D eigenvalue weighted by molar-refractivity contribution is -0.0497. The number of rotatable bonds is 6. The highest BCUT2D eigenvalue weighted by Crippen LogP contribution is 2.38. The van der Waals surface area contributed by atoms with Crippen molar-refractivity contribution in [3.8, 4) is 5.75 Å². The van der Waals surface area contributed by atoms with Gasteiger partial charge in [-0.2, -0.15) is 8.78 Å². The predicted octanol–water partition coefficient (Wildman–Crippen LogP) is 5.87. The molecule has 2 aromatic rings. The van der Waals surface area contributed by atoms with Gasteiger partial charge in [-0.25, -0.2) is 4.79 Å². The molecule has 0 radical (unpaired) electrons. The van der Waals surface area contributed by atoms with Crippen LogP contribution in [0.5, 0.6) is 5.75 Å². The highest BCUT2D eigenvalue weighted by molar-refractivity contribution is 7.80. The largest absolute Gasteiger partial charge is 0.462 e. The first-order valence-corrected chi connectivity index (χ1v) is 10.6. The lowest BCUT2D eigenvalue weighted by Gasteiger charge is -2.14. The van der Waals surface area contributed by atoms with Crippen molar-refractivity contribution in [1.82, 2.24) is 0 Å². The van der Waals surface area contributed by atoms with Gasteiger partial charge in [0, 0.05) is 10.6 Å². The van der Waals surface area contributed by atoms with Crippen LogP contribution in [0.15, 0.2) is 18.2 Å². The van der Waals surface area contributed by atoms with E-state index >= 15 is 0 Å². The monoisotopic (exact) mass is 460 g/mol. The van der Waals surface area contributed by atoms with Crippen LogP contribution in [-0.2, 0) is 17.6 Å². The minimum Gasteiger partial charge on any atom is -0.462 e. The van der Waals surface area contributed by atoms with Gasteiger partial charge in [-0.05, 0) is 68.6 Å². The van der Waals surface area contributed by atoms with E-state index in [4.69, 9.17) is 28.6 Å². The molecule has 0 atom stereocenters. The normalized spacial score (nSPS) is 13.0. The minimum absolute atomic E-state index is 0.0249. The van der Waals surface area contributed by atoms with Crippen LogP contribution in [0.3, 0.4) is 0 Å². The van der Waals surface area contributed by atoms with E-state index in [1.807, 2.05) is 0 Å². The van der Waals surface area contributed by atoms with Crippen LogP contribution in [0.1, 0.15) is 40.6 Å². The molecule has 0 fully saturated rings. The molecule has 0 saturated carbocycles. The molecule has 1 aliphatic rings. The number of fused-ring (bicyclic) bond motifs is 1. The number of benzene rings is 1. The number of hydrogen-bond acceptors (Lipinski definition) is 5. The van der Waals surface area contributed by atoms with Crippen LogP contribution in [-0.4, -0.2) is 24.3 Å². The summed E-state index contributed by atoms with van der Waals surface area (Å²) in [4.78, 5) is 13.7. The van der Waals surface area contributed by atoms with Crippen LogP contribution >= 0.6 is 35.2 Å². The number of halogens is 3. The van der Waals surface area contributed by atoms with E-state index in [2.05, 4.69) is 15.4 Å². The smallest absolute Gasteiger partial charge is 0.387 e. The standard InChI is InChI=1S/C19H19ClF2N2O3S2/c1-2-26-17(25)15-11-5-3-4-6-14(11)29-16(15)24-19(28)23-10-7-8-13(12(20)9-10)27-18(21)22/h7-9,18H,2-6H2,1H3,(H2,23,24,28). The Hall–Kier alpha value is -1.97. The quantitative estimate of drug-likeness (QED) is 0.415. The highest BCUT2D eigenvalue weighted by atomic mass is 35.5. The number of hydrogen-bond donors (Lipinski definition) is 2. The SMILES string of the molecule is CCOC(=O)c1c(NC(=S)Nc2ccc(OC(F)F)c(Cl)c2)sc2c1CCCC2. The van der Waals surface area contributed by atoms with Crippen molar-refractivity contribution in [3.63, 3.8) is 0 Å². The lowest BCUT2D eigenvalue weighted by Crippen LogP contribution is -2.20. The number of nitrogens with one attached hydrogen (secondary N) is 2. The number of carbonyl (C=O) groups excluding carboxylic acids is 1. The molecule has 0 unspecified atom stereocenters. The van der Waals surface area contributed by atoms with Crippen molar-refractivity contribution in [2.24, 2.45) is 0 Å². The minimum atomic E-state index is -2.96. The third-order valence-corrected chi connectivity index (χ3v) is 5.99. The van der Waals surface area contributed by atoms with Gasteiger partial charge in [-0.3, -0.25) is 0 Å². The Morgan fingerprint density at radius 3 is 2.76 bits per heavy atom. The van der Waals surface area contributed by atoms with Crippen LogP contribution in [0, 0.1) is 0 Å². The number of aryl methyl sites for hydroxylation is 1. The molecule has 0 aliphatic heterocycles. The molecule has 0 spiro atoms. The average molecular weight is 461 g/mol. The summed E-state index contributed by atoms with van der Waals surface area (Å²) in [6.45, 7) is -0.904. The van der Waals surface area contributed by atoms with Gasteiger partial charge in [-0.15, -0.1) is 11.3 Å². The van der Waals surface area contributed by atoms with E-state index in [1.165, 1.54) is 34.4 Å². The third kappa shape index (κ3) is 5.34. The Balaban J connectivity index is 1.76. The summed E-state index contributed by atoms with van der Waals surface area (Å²) < 4.78 is 34.2. The van der Waals surface area contributed by atoms with Gasteiger partial charge in [0.15, 0.2) is 5.11 Å². The fourth-order valence-electron chi connectivity index (χ4n) is 3.11. The van der Waals surface area contributed by atoms with Crippen LogP contribution < -0.4 is 15.4 Å². The van der Waals surface area contributed by atoms with Crippen molar-refractivity contribution in [2.75, 3.05) is 17.2 Å². The first-order chi connectivity index (χ1) is 13.9. The van der Waals surface area contributed by atoms with Crippen molar-refractivity contribution in [3.05, 3.63) is 39.2 Å². The van der Waals surface area contributed by atoms with Crippen molar-refractivity contribution in [1.29, 1.82) is 0 Å². The fourth-order valence-corrected chi connectivity index (χ4v) is 4.90. The zero-order valence-corrected chi connectivity index (χ0v) is 17.9. The number of ether oxygens (including phenoxy) is 2. The Morgan fingerprint density at radius 1 is 1.31 bits per heavy atom. The fraction of sp³-hybridized carbons (Fsp3) is 0.368. The zero-order valence-electron chi connectivity index (χ0n) is 15.5. The second-order valence-electron chi connectivity index (χ2n) is 6.24. The predicted molar refractivity (Wildman–Crippen MR) is 115 cm³/mol. The Kier molecular flexibility index (Phi) is 7.26. The van der Waals surface area contributed by atoms with Gasteiger partial charge < -0.3 is 20.1 Å². The number of esters is 1. The second kappa shape index (κ2) is 9.69.